The number of benzene rings is 1. The van der Waals surface area contributed by atoms with Gasteiger partial charge in [-0.15, -0.1) is 4.90 Å². The summed E-state index contributed by atoms with van der Waals surface area (Å²) in [5.74, 6) is -9.62. The van der Waals surface area contributed by atoms with Crippen molar-refractivity contribution in [3.8, 4) is 0 Å². The van der Waals surface area contributed by atoms with Gasteiger partial charge in [0.2, 0.25) is 17.7 Å². The second-order valence-electron chi connectivity index (χ2n) is 6.46. The highest BCUT2D eigenvalue weighted by atomic mass is 32.2. The number of aliphatic hydroxyl groups is 6. The average Bonchev–Trinajstić information content (AvgIpc) is 2.43. The highest BCUT2D eigenvalue weighted by Gasteiger charge is 2.60. The third-order valence-electron chi connectivity index (χ3n) is 4.35. The van der Waals surface area contributed by atoms with Gasteiger partial charge < -0.3 is 30.6 Å². The summed E-state index contributed by atoms with van der Waals surface area (Å²) in [6.45, 7) is 1.31. The molecule has 1 aromatic carbocycles. The van der Waals surface area contributed by atoms with E-state index in [0.717, 1.165) is 6.26 Å². The Morgan fingerprint density at radius 2 is 1.68 bits per heavy atom. The lowest BCUT2D eigenvalue weighted by atomic mass is 9.84. The van der Waals surface area contributed by atoms with E-state index in [1.165, 1.54) is 31.2 Å². The molecule has 0 bridgehead atoms. The fourth-order valence-electron chi connectivity index (χ4n) is 3.17. The van der Waals surface area contributed by atoms with Crippen molar-refractivity contribution in [1.82, 2.24) is 4.90 Å². The van der Waals surface area contributed by atoms with Gasteiger partial charge in [0, 0.05) is 25.5 Å². The van der Waals surface area contributed by atoms with Crippen molar-refractivity contribution in [3.63, 3.8) is 0 Å². The first-order chi connectivity index (χ1) is 11.2. The largest absolute Gasteiger partial charge is 0.353 e. The van der Waals surface area contributed by atoms with Crippen LogP contribution in [0.4, 0.5) is 0 Å². The molecule has 142 valence electrons. The van der Waals surface area contributed by atoms with Crippen LogP contribution in [0.25, 0.3) is 0 Å². The molecular weight excluding hydrogens is 354 g/mol. The zero-order valence-electron chi connectivity index (χ0n) is 13.9. The molecule has 10 heteroatoms. The zero-order valence-corrected chi connectivity index (χ0v) is 14.7. The van der Waals surface area contributed by atoms with Gasteiger partial charge in [0.1, 0.15) is 0 Å². The van der Waals surface area contributed by atoms with Gasteiger partial charge in [-0.1, -0.05) is 19.1 Å². The summed E-state index contributed by atoms with van der Waals surface area (Å²) in [7, 11) is -3.50. The maximum absolute atomic E-state index is 11.7. The van der Waals surface area contributed by atoms with E-state index in [2.05, 4.69) is 0 Å². The van der Waals surface area contributed by atoms with E-state index in [0.29, 0.717) is 5.56 Å². The van der Waals surface area contributed by atoms with E-state index >= 15 is 0 Å². The fraction of sp³-hybridized carbons (Fsp3) is 0.600. The molecule has 0 amide bonds. The lowest BCUT2D eigenvalue weighted by molar-refractivity contribution is -0.490. The first-order valence-corrected chi connectivity index (χ1v) is 9.54. The maximum atomic E-state index is 11.7. The van der Waals surface area contributed by atoms with Crippen LogP contribution in [0.1, 0.15) is 37.7 Å². The van der Waals surface area contributed by atoms with Crippen molar-refractivity contribution < 1.29 is 39.1 Å². The predicted molar refractivity (Wildman–Crippen MR) is 85.2 cm³/mol. The Balaban J connectivity index is 2.43. The molecule has 1 saturated heterocycles. The summed E-state index contributed by atoms with van der Waals surface area (Å²) in [4.78, 5) is 0.0202. The molecule has 0 radical (unpaired) electrons. The maximum Gasteiger partial charge on any atom is 0.233 e. The molecule has 0 aliphatic carbocycles. The SMILES string of the molecule is CCC(O)(O)N1C(O)(O)CC(c2cccc(S(C)(=O)=O)c2)CC1(O)O. The van der Waals surface area contributed by atoms with Gasteiger partial charge in [-0.25, -0.2) is 8.42 Å². The number of hydrogen-bond donors (Lipinski definition) is 6. The van der Waals surface area contributed by atoms with Gasteiger partial charge in [-0.2, -0.15) is 0 Å². The van der Waals surface area contributed by atoms with Crippen LogP contribution in [0.5, 0.6) is 0 Å². The summed E-state index contributed by atoms with van der Waals surface area (Å²) in [6, 6.07) is 5.66. The number of likely N-dealkylation sites (tertiary alicyclic amines) is 1. The molecule has 1 heterocycles. The number of nitrogens with zero attached hydrogens (tertiary/aromatic N) is 1. The van der Waals surface area contributed by atoms with Crippen molar-refractivity contribution >= 4 is 9.84 Å². The Bertz CT molecular complexity index is 726. The number of hydrogen-bond acceptors (Lipinski definition) is 9. The van der Waals surface area contributed by atoms with Gasteiger partial charge in [0.25, 0.3) is 0 Å². The summed E-state index contributed by atoms with van der Waals surface area (Å²) >= 11 is 0. The van der Waals surface area contributed by atoms with Crippen molar-refractivity contribution in [1.29, 1.82) is 0 Å². The Morgan fingerprint density at radius 1 is 1.16 bits per heavy atom. The molecule has 0 saturated carbocycles. The molecule has 1 aliphatic heterocycles. The minimum Gasteiger partial charge on any atom is -0.353 e. The van der Waals surface area contributed by atoms with Gasteiger partial charge in [0.05, 0.1) is 4.90 Å². The van der Waals surface area contributed by atoms with E-state index < -0.39 is 52.8 Å². The monoisotopic (exact) mass is 377 g/mol. The fourth-order valence-corrected chi connectivity index (χ4v) is 3.85. The highest BCUT2D eigenvalue weighted by molar-refractivity contribution is 7.90. The average molecular weight is 377 g/mol. The van der Waals surface area contributed by atoms with Crippen molar-refractivity contribution in [2.45, 2.75) is 54.7 Å². The Hall–Kier alpha value is -1.11. The second-order valence-corrected chi connectivity index (χ2v) is 8.48. The van der Waals surface area contributed by atoms with Gasteiger partial charge >= 0.3 is 0 Å². The molecule has 0 unspecified atom stereocenters. The Morgan fingerprint density at radius 3 is 2.12 bits per heavy atom. The van der Waals surface area contributed by atoms with Crippen molar-refractivity contribution in [3.05, 3.63) is 29.8 Å². The van der Waals surface area contributed by atoms with Gasteiger partial charge in [0.15, 0.2) is 9.84 Å². The van der Waals surface area contributed by atoms with Crippen molar-refractivity contribution in [2.24, 2.45) is 0 Å². The Kier molecular flexibility index (Phi) is 5.05. The third-order valence-corrected chi connectivity index (χ3v) is 5.46. The molecule has 9 nitrogen and oxygen atoms in total. The molecule has 1 aromatic rings. The topological polar surface area (TPSA) is 159 Å². The smallest absolute Gasteiger partial charge is 0.233 e. The van der Waals surface area contributed by atoms with E-state index in [1.807, 2.05) is 0 Å². The Labute approximate surface area is 145 Å². The summed E-state index contributed by atoms with van der Waals surface area (Å²) < 4.78 is 23.3. The molecule has 0 aromatic heterocycles. The second kappa shape index (κ2) is 6.25. The van der Waals surface area contributed by atoms with Crippen LogP contribution < -0.4 is 0 Å². The van der Waals surface area contributed by atoms with Crippen LogP contribution in [0.15, 0.2) is 29.2 Å². The van der Waals surface area contributed by atoms with E-state index in [1.54, 1.807) is 0 Å². The minimum atomic E-state index is -3.50. The summed E-state index contributed by atoms with van der Waals surface area (Å²) in [5, 5.41) is 60.7. The number of rotatable bonds is 4. The van der Waals surface area contributed by atoms with Crippen LogP contribution in [-0.4, -0.2) is 67.9 Å². The standard InChI is InChI=1S/C15H23NO8S/c1-3-13(17,18)16-14(19,20)8-11(9-15(16,21)22)10-5-4-6-12(7-10)25(2,23)24/h4-7,11,17-22H,3,8-9H2,1-2H3. The zero-order chi connectivity index (χ0) is 19.3. The van der Waals surface area contributed by atoms with E-state index in [-0.39, 0.29) is 9.80 Å². The van der Waals surface area contributed by atoms with Crippen LogP contribution >= 0.6 is 0 Å². The molecule has 2 rings (SSSR count). The van der Waals surface area contributed by atoms with Crippen LogP contribution in [0.3, 0.4) is 0 Å². The molecule has 1 fully saturated rings. The van der Waals surface area contributed by atoms with Gasteiger partial charge in [-0.05, 0) is 23.6 Å². The van der Waals surface area contributed by atoms with Crippen LogP contribution in [0, 0.1) is 0 Å². The quantitative estimate of drug-likeness (QED) is 0.347. The highest BCUT2D eigenvalue weighted by Crippen LogP contribution is 2.45. The molecule has 1 aliphatic rings. The molecular formula is C15H23NO8S. The van der Waals surface area contributed by atoms with E-state index in [9.17, 15) is 39.1 Å². The van der Waals surface area contributed by atoms with Crippen LogP contribution in [0.2, 0.25) is 0 Å². The summed E-state index contributed by atoms with van der Waals surface area (Å²) in [5.41, 5.74) is 0.348. The number of sulfone groups is 1. The summed E-state index contributed by atoms with van der Waals surface area (Å²) in [6.07, 6.45) is -0.391. The lowest BCUT2D eigenvalue weighted by Gasteiger charge is -2.53. The first-order valence-electron chi connectivity index (χ1n) is 7.65. The first kappa shape index (κ1) is 20.2. The van der Waals surface area contributed by atoms with Crippen LogP contribution in [-0.2, 0) is 9.84 Å². The van der Waals surface area contributed by atoms with Gasteiger partial charge in [-0.3, -0.25) is 0 Å². The minimum absolute atomic E-state index is 0.00242. The third kappa shape index (κ3) is 4.01. The molecule has 0 spiro atoms. The normalized spacial score (nSPS) is 22.1. The number of piperidine rings is 1. The predicted octanol–water partition coefficient (Wildman–Crippen LogP) is -1.41. The molecule has 0 atom stereocenters. The molecule has 25 heavy (non-hydrogen) atoms. The lowest BCUT2D eigenvalue weighted by Crippen LogP contribution is -2.73. The van der Waals surface area contributed by atoms with Crippen molar-refractivity contribution in [2.75, 3.05) is 6.26 Å². The van der Waals surface area contributed by atoms with E-state index in [4.69, 9.17) is 0 Å². The molecule has 6 N–H and O–H groups in total.